The molecule has 0 saturated heterocycles. The standard InChI is InChI=1S/C27H26N6O4/c1-16-12-18(5-7-20(16)26(35)31-37-15-27(2,3)36)22-9-10-23-25(29-22)33(32-30-23)14-17-4-8-21-19(13-17)6-11-24(34)28-21/h4-13,36H,14-15H2,1-3H3,(H,28,34)(H,31,35). The summed E-state index contributed by atoms with van der Waals surface area (Å²) in [6.07, 6.45) is 0. The van der Waals surface area contributed by atoms with Gasteiger partial charge in [-0.3, -0.25) is 14.4 Å². The van der Waals surface area contributed by atoms with Crippen molar-refractivity contribution in [2.24, 2.45) is 0 Å². The Bertz CT molecular complexity index is 1680. The highest BCUT2D eigenvalue weighted by Gasteiger charge is 2.16. The van der Waals surface area contributed by atoms with Crippen LogP contribution < -0.4 is 11.0 Å². The molecule has 0 radical (unpaired) electrons. The second kappa shape index (κ2) is 9.57. The Hall–Kier alpha value is -4.41. The first-order chi connectivity index (χ1) is 17.7. The summed E-state index contributed by atoms with van der Waals surface area (Å²) in [5.74, 6) is -0.390. The van der Waals surface area contributed by atoms with Crippen LogP contribution in [0.15, 0.2) is 65.5 Å². The lowest BCUT2D eigenvalue weighted by Gasteiger charge is -2.17. The molecule has 188 valence electrons. The van der Waals surface area contributed by atoms with Crippen LogP contribution in [0, 0.1) is 6.92 Å². The average molecular weight is 499 g/mol. The van der Waals surface area contributed by atoms with E-state index in [1.54, 1.807) is 30.7 Å². The van der Waals surface area contributed by atoms with Crippen LogP contribution in [0.4, 0.5) is 0 Å². The van der Waals surface area contributed by atoms with Crippen LogP contribution in [0.1, 0.15) is 35.3 Å². The minimum atomic E-state index is -1.05. The third-order valence-corrected chi connectivity index (χ3v) is 5.84. The largest absolute Gasteiger partial charge is 0.388 e. The maximum Gasteiger partial charge on any atom is 0.275 e. The Balaban J connectivity index is 1.38. The number of amides is 1. The molecule has 3 heterocycles. The lowest BCUT2D eigenvalue weighted by molar-refractivity contribution is -0.0522. The van der Waals surface area contributed by atoms with Gasteiger partial charge >= 0.3 is 0 Å². The molecule has 0 aliphatic rings. The lowest BCUT2D eigenvalue weighted by Crippen LogP contribution is -2.33. The number of pyridine rings is 2. The van der Waals surface area contributed by atoms with Gasteiger partial charge in [-0.25, -0.2) is 15.1 Å². The van der Waals surface area contributed by atoms with Gasteiger partial charge in [0.1, 0.15) is 12.1 Å². The molecular weight excluding hydrogens is 472 g/mol. The fourth-order valence-corrected chi connectivity index (χ4v) is 4.01. The molecule has 3 aromatic heterocycles. The van der Waals surface area contributed by atoms with Crippen LogP contribution in [0.25, 0.3) is 33.3 Å². The highest BCUT2D eigenvalue weighted by molar-refractivity contribution is 5.95. The van der Waals surface area contributed by atoms with Crippen molar-refractivity contribution in [3.8, 4) is 11.3 Å². The minimum absolute atomic E-state index is 0.0275. The van der Waals surface area contributed by atoms with Gasteiger partial charge in [-0.1, -0.05) is 17.3 Å². The minimum Gasteiger partial charge on any atom is -0.388 e. The zero-order chi connectivity index (χ0) is 26.2. The molecule has 0 atom stereocenters. The van der Waals surface area contributed by atoms with Crippen molar-refractivity contribution >= 4 is 28.0 Å². The van der Waals surface area contributed by atoms with Crippen LogP contribution in [-0.2, 0) is 11.4 Å². The fourth-order valence-electron chi connectivity index (χ4n) is 4.01. The van der Waals surface area contributed by atoms with E-state index in [1.807, 2.05) is 49.4 Å². The number of aliphatic hydroxyl groups is 1. The summed E-state index contributed by atoms with van der Waals surface area (Å²) >= 11 is 0. The van der Waals surface area contributed by atoms with Gasteiger partial charge in [0.05, 0.1) is 17.8 Å². The molecule has 0 bridgehead atoms. The fraction of sp³-hybridized carbons (Fsp3) is 0.222. The van der Waals surface area contributed by atoms with Gasteiger partial charge in [-0.2, -0.15) is 0 Å². The number of hydrogen-bond donors (Lipinski definition) is 3. The van der Waals surface area contributed by atoms with Gasteiger partial charge < -0.3 is 10.1 Å². The maximum atomic E-state index is 12.5. The number of fused-ring (bicyclic) bond motifs is 2. The molecule has 0 aliphatic heterocycles. The van der Waals surface area contributed by atoms with Gasteiger partial charge in [-0.05, 0) is 79.7 Å². The van der Waals surface area contributed by atoms with Gasteiger partial charge in [0, 0.05) is 22.7 Å². The molecule has 1 amide bonds. The van der Waals surface area contributed by atoms with Crippen molar-refractivity contribution in [2.45, 2.75) is 32.9 Å². The van der Waals surface area contributed by atoms with Crippen molar-refractivity contribution in [3.05, 3.63) is 87.7 Å². The number of aryl methyl sites for hydroxylation is 1. The van der Waals surface area contributed by atoms with Crippen LogP contribution in [0.3, 0.4) is 0 Å². The summed E-state index contributed by atoms with van der Waals surface area (Å²) in [4.78, 5) is 36.8. The Kier molecular flexibility index (Phi) is 6.28. The quantitative estimate of drug-likeness (QED) is 0.293. The van der Waals surface area contributed by atoms with Crippen molar-refractivity contribution < 1.29 is 14.7 Å². The van der Waals surface area contributed by atoms with E-state index in [2.05, 4.69) is 20.8 Å². The average Bonchev–Trinajstić information content (AvgIpc) is 3.25. The predicted octanol–water partition coefficient (Wildman–Crippen LogP) is 3.12. The SMILES string of the molecule is Cc1cc(-c2ccc3nnn(Cc4ccc5[nH]c(=O)ccc5c4)c3n2)ccc1C(=O)NOCC(C)(C)O. The first kappa shape index (κ1) is 24.3. The number of hydroxylamine groups is 1. The van der Waals surface area contributed by atoms with E-state index in [0.29, 0.717) is 23.3 Å². The molecule has 0 saturated carbocycles. The van der Waals surface area contributed by atoms with E-state index in [-0.39, 0.29) is 12.2 Å². The molecule has 10 nitrogen and oxygen atoms in total. The van der Waals surface area contributed by atoms with Crippen LogP contribution in [0.5, 0.6) is 0 Å². The Morgan fingerprint density at radius 3 is 2.73 bits per heavy atom. The third kappa shape index (κ3) is 5.40. The highest BCUT2D eigenvalue weighted by atomic mass is 16.7. The van der Waals surface area contributed by atoms with E-state index in [1.165, 1.54) is 6.07 Å². The van der Waals surface area contributed by atoms with E-state index in [0.717, 1.165) is 33.3 Å². The maximum absolute atomic E-state index is 12.5. The Labute approximate surface area is 211 Å². The highest BCUT2D eigenvalue weighted by Crippen LogP contribution is 2.23. The molecule has 0 unspecified atom stereocenters. The molecular formula is C27H26N6O4. The Morgan fingerprint density at radius 1 is 1.11 bits per heavy atom. The van der Waals surface area contributed by atoms with Crippen LogP contribution >= 0.6 is 0 Å². The van der Waals surface area contributed by atoms with Gasteiger partial charge in [0.2, 0.25) is 5.56 Å². The molecule has 3 N–H and O–H groups in total. The number of benzene rings is 2. The van der Waals surface area contributed by atoms with Gasteiger partial charge in [0.25, 0.3) is 5.91 Å². The first-order valence-electron chi connectivity index (χ1n) is 11.7. The number of rotatable bonds is 7. The lowest BCUT2D eigenvalue weighted by atomic mass is 10.0. The van der Waals surface area contributed by atoms with E-state index < -0.39 is 11.5 Å². The molecule has 10 heteroatoms. The number of hydrogen-bond acceptors (Lipinski definition) is 7. The number of aromatic amines is 1. The Morgan fingerprint density at radius 2 is 1.95 bits per heavy atom. The summed E-state index contributed by atoms with van der Waals surface area (Å²) in [5, 5.41) is 19.2. The van der Waals surface area contributed by atoms with Crippen molar-refractivity contribution in [2.75, 3.05) is 6.61 Å². The van der Waals surface area contributed by atoms with Gasteiger partial charge in [-0.15, -0.1) is 5.10 Å². The molecule has 0 fully saturated rings. The van der Waals surface area contributed by atoms with Crippen LogP contribution in [0.2, 0.25) is 0 Å². The summed E-state index contributed by atoms with van der Waals surface area (Å²) < 4.78 is 1.74. The zero-order valence-electron chi connectivity index (χ0n) is 20.6. The zero-order valence-corrected chi connectivity index (χ0v) is 20.6. The molecule has 5 aromatic rings. The van der Waals surface area contributed by atoms with Crippen molar-refractivity contribution in [1.29, 1.82) is 0 Å². The molecule has 5 rings (SSSR count). The summed E-state index contributed by atoms with van der Waals surface area (Å²) in [6, 6.07) is 18.3. The number of aromatic nitrogens is 5. The second-order valence-electron chi connectivity index (χ2n) is 9.59. The van der Waals surface area contributed by atoms with Crippen molar-refractivity contribution in [1.82, 2.24) is 30.4 Å². The van der Waals surface area contributed by atoms with Crippen molar-refractivity contribution in [3.63, 3.8) is 0 Å². The summed E-state index contributed by atoms with van der Waals surface area (Å²) in [6.45, 7) is 5.46. The number of carbonyl (C=O) groups excluding carboxylic acids is 1. The summed E-state index contributed by atoms with van der Waals surface area (Å²) in [5.41, 5.74) is 7.05. The molecule has 37 heavy (non-hydrogen) atoms. The molecule has 2 aromatic carbocycles. The molecule has 0 spiro atoms. The monoisotopic (exact) mass is 498 g/mol. The van der Waals surface area contributed by atoms with E-state index in [9.17, 15) is 14.7 Å². The first-order valence-corrected chi connectivity index (χ1v) is 11.7. The van der Waals surface area contributed by atoms with Crippen LogP contribution in [-0.4, -0.2) is 48.2 Å². The predicted molar refractivity (Wildman–Crippen MR) is 139 cm³/mol. The smallest absolute Gasteiger partial charge is 0.275 e. The number of nitrogens with one attached hydrogen (secondary N) is 2. The second-order valence-corrected chi connectivity index (χ2v) is 9.59. The number of nitrogens with zero attached hydrogens (tertiary/aromatic N) is 4. The normalized spacial score (nSPS) is 11.8. The number of H-pyrrole nitrogens is 1. The topological polar surface area (TPSA) is 135 Å². The number of carbonyl (C=O) groups is 1. The molecule has 0 aliphatic carbocycles. The van der Waals surface area contributed by atoms with E-state index >= 15 is 0 Å². The third-order valence-electron chi connectivity index (χ3n) is 5.84. The van der Waals surface area contributed by atoms with Gasteiger partial charge in [0.15, 0.2) is 5.65 Å². The van der Waals surface area contributed by atoms with E-state index in [4.69, 9.17) is 9.82 Å². The summed E-state index contributed by atoms with van der Waals surface area (Å²) in [7, 11) is 0.